The first kappa shape index (κ1) is 13.2. The van der Waals surface area contributed by atoms with Crippen molar-refractivity contribution >= 4 is 0 Å². The lowest BCUT2D eigenvalue weighted by molar-refractivity contribution is 0.513. The van der Waals surface area contributed by atoms with E-state index in [2.05, 4.69) is 5.32 Å². The smallest absolute Gasteiger partial charge is 0.131 e. The van der Waals surface area contributed by atoms with Crippen LogP contribution in [0.4, 0.5) is 8.78 Å². The number of nitrogens with one attached hydrogen (secondary N) is 1. The van der Waals surface area contributed by atoms with Crippen LogP contribution in [0.1, 0.15) is 17.2 Å². The number of hydrogen-bond acceptors (Lipinski definition) is 2. The molecule has 0 aliphatic carbocycles. The van der Waals surface area contributed by atoms with Gasteiger partial charge >= 0.3 is 0 Å². The summed E-state index contributed by atoms with van der Waals surface area (Å²) in [5, 5.41) is 11.9. The fraction of sp³-hybridized carbons (Fsp3) is 0.133. The molecule has 0 saturated carbocycles. The van der Waals surface area contributed by atoms with Crippen molar-refractivity contribution < 1.29 is 8.78 Å². The molecule has 2 rings (SSSR count). The Morgan fingerprint density at radius 3 is 2.21 bits per heavy atom. The highest BCUT2D eigenvalue weighted by atomic mass is 19.1. The molecular weight excluding hydrogens is 246 g/mol. The maximum absolute atomic E-state index is 13.6. The van der Waals surface area contributed by atoms with Crippen molar-refractivity contribution in [1.82, 2.24) is 5.32 Å². The van der Waals surface area contributed by atoms with Crippen molar-refractivity contribution in [3.05, 3.63) is 71.3 Å². The first-order valence-electron chi connectivity index (χ1n) is 5.83. The maximum atomic E-state index is 13.6. The fourth-order valence-electron chi connectivity index (χ4n) is 1.81. The minimum Gasteiger partial charge on any atom is -0.294 e. The molecule has 19 heavy (non-hydrogen) atoms. The van der Waals surface area contributed by atoms with Crippen molar-refractivity contribution in [2.24, 2.45) is 0 Å². The van der Waals surface area contributed by atoms with Crippen LogP contribution in [-0.2, 0) is 6.54 Å². The Labute approximate surface area is 110 Å². The molecule has 0 saturated heterocycles. The van der Waals surface area contributed by atoms with Crippen LogP contribution in [-0.4, -0.2) is 0 Å². The van der Waals surface area contributed by atoms with Gasteiger partial charge < -0.3 is 0 Å². The first-order valence-corrected chi connectivity index (χ1v) is 5.83. The van der Waals surface area contributed by atoms with Gasteiger partial charge in [-0.2, -0.15) is 5.26 Å². The van der Waals surface area contributed by atoms with Gasteiger partial charge in [0.05, 0.1) is 11.6 Å². The second-order valence-electron chi connectivity index (χ2n) is 4.06. The molecule has 4 heteroatoms. The van der Waals surface area contributed by atoms with Crippen LogP contribution < -0.4 is 5.32 Å². The predicted octanol–water partition coefficient (Wildman–Crippen LogP) is 3.32. The standard InChI is InChI=1S/C15H12F2N2/c16-12-7-4-8-13(17)15(12)14(9-18)19-10-11-5-2-1-3-6-11/h1-8,14,19H,10H2. The molecule has 0 aliphatic rings. The summed E-state index contributed by atoms with van der Waals surface area (Å²) in [5.41, 5.74) is 0.709. The van der Waals surface area contributed by atoms with Gasteiger partial charge in [0.1, 0.15) is 17.7 Å². The number of nitriles is 1. The van der Waals surface area contributed by atoms with Gasteiger partial charge in [-0.15, -0.1) is 0 Å². The van der Waals surface area contributed by atoms with E-state index in [0.29, 0.717) is 6.54 Å². The molecular formula is C15H12F2N2. The van der Waals surface area contributed by atoms with Crippen molar-refractivity contribution in [3.8, 4) is 6.07 Å². The third kappa shape index (κ3) is 3.15. The minimum atomic E-state index is -1.01. The maximum Gasteiger partial charge on any atom is 0.131 e. The summed E-state index contributed by atoms with van der Waals surface area (Å²) < 4.78 is 27.2. The Morgan fingerprint density at radius 2 is 1.63 bits per heavy atom. The van der Waals surface area contributed by atoms with Crippen LogP contribution in [0.2, 0.25) is 0 Å². The lowest BCUT2D eigenvalue weighted by Crippen LogP contribution is -2.21. The Bertz CT molecular complexity index is 571. The van der Waals surface area contributed by atoms with Crippen molar-refractivity contribution in [2.75, 3.05) is 0 Å². The zero-order chi connectivity index (χ0) is 13.7. The van der Waals surface area contributed by atoms with E-state index < -0.39 is 17.7 Å². The van der Waals surface area contributed by atoms with Crippen LogP contribution in [0, 0.1) is 23.0 Å². The second kappa shape index (κ2) is 6.07. The second-order valence-corrected chi connectivity index (χ2v) is 4.06. The van der Waals surface area contributed by atoms with E-state index in [1.165, 1.54) is 6.07 Å². The summed E-state index contributed by atoms with van der Waals surface area (Å²) in [6.45, 7) is 0.368. The van der Waals surface area contributed by atoms with E-state index in [0.717, 1.165) is 17.7 Å². The first-order chi connectivity index (χ1) is 9.22. The van der Waals surface area contributed by atoms with Crippen LogP contribution in [0.15, 0.2) is 48.5 Å². The monoisotopic (exact) mass is 258 g/mol. The van der Waals surface area contributed by atoms with E-state index in [1.54, 1.807) is 0 Å². The van der Waals surface area contributed by atoms with Crippen LogP contribution in [0.5, 0.6) is 0 Å². The van der Waals surface area contributed by atoms with Crippen molar-refractivity contribution in [2.45, 2.75) is 12.6 Å². The minimum absolute atomic E-state index is 0.235. The molecule has 0 radical (unpaired) electrons. The van der Waals surface area contributed by atoms with Gasteiger partial charge in [-0.05, 0) is 17.7 Å². The summed E-state index contributed by atoms with van der Waals surface area (Å²) in [6, 6.07) is 13.8. The highest BCUT2D eigenvalue weighted by Crippen LogP contribution is 2.20. The summed E-state index contributed by atoms with van der Waals surface area (Å²) in [6.07, 6.45) is 0. The van der Waals surface area contributed by atoms with E-state index in [-0.39, 0.29) is 5.56 Å². The fourth-order valence-corrected chi connectivity index (χ4v) is 1.81. The average molecular weight is 258 g/mol. The third-order valence-corrected chi connectivity index (χ3v) is 2.77. The molecule has 0 heterocycles. The quantitative estimate of drug-likeness (QED) is 0.913. The van der Waals surface area contributed by atoms with Crippen molar-refractivity contribution in [1.29, 1.82) is 5.26 Å². The third-order valence-electron chi connectivity index (χ3n) is 2.77. The number of benzene rings is 2. The number of halogens is 2. The van der Waals surface area contributed by atoms with Gasteiger partial charge in [-0.1, -0.05) is 36.4 Å². The summed E-state index contributed by atoms with van der Waals surface area (Å²) in [4.78, 5) is 0. The largest absolute Gasteiger partial charge is 0.294 e. The highest BCUT2D eigenvalue weighted by Gasteiger charge is 2.19. The molecule has 2 aromatic rings. The van der Waals surface area contributed by atoms with E-state index >= 15 is 0 Å². The zero-order valence-electron chi connectivity index (χ0n) is 10.1. The molecule has 1 atom stereocenters. The Kier molecular flexibility index (Phi) is 4.22. The average Bonchev–Trinajstić information content (AvgIpc) is 2.43. The lowest BCUT2D eigenvalue weighted by Gasteiger charge is -2.13. The highest BCUT2D eigenvalue weighted by molar-refractivity contribution is 5.28. The normalized spacial score (nSPS) is 11.8. The molecule has 0 bridgehead atoms. The Balaban J connectivity index is 2.16. The molecule has 0 amide bonds. The lowest BCUT2D eigenvalue weighted by atomic mass is 10.1. The molecule has 0 spiro atoms. The SMILES string of the molecule is N#CC(NCc1ccccc1)c1c(F)cccc1F. The molecule has 0 aromatic heterocycles. The predicted molar refractivity (Wildman–Crippen MR) is 68.0 cm³/mol. The van der Waals surface area contributed by atoms with Gasteiger partial charge in [0.15, 0.2) is 0 Å². The molecule has 2 nitrogen and oxygen atoms in total. The topological polar surface area (TPSA) is 35.8 Å². The van der Waals surface area contributed by atoms with Crippen LogP contribution >= 0.6 is 0 Å². The molecule has 0 aliphatic heterocycles. The molecule has 96 valence electrons. The number of nitrogens with zero attached hydrogens (tertiary/aromatic N) is 1. The van der Waals surface area contributed by atoms with E-state index in [4.69, 9.17) is 5.26 Å². The summed E-state index contributed by atoms with van der Waals surface area (Å²) in [5.74, 6) is -1.43. The molecule has 1 N–H and O–H groups in total. The van der Waals surface area contributed by atoms with Crippen LogP contribution in [0.3, 0.4) is 0 Å². The van der Waals surface area contributed by atoms with E-state index in [1.807, 2.05) is 36.4 Å². The van der Waals surface area contributed by atoms with Gasteiger partial charge in [0.25, 0.3) is 0 Å². The number of rotatable bonds is 4. The summed E-state index contributed by atoms with van der Waals surface area (Å²) in [7, 11) is 0. The zero-order valence-corrected chi connectivity index (χ0v) is 10.1. The van der Waals surface area contributed by atoms with Gasteiger partial charge in [0.2, 0.25) is 0 Å². The summed E-state index contributed by atoms with van der Waals surface area (Å²) >= 11 is 0. The number of hydrogen-bond donors (Lipinski definition) is 1. The van der Waals surface area contributed by atoms with E-state index in [9.17, 15) is 8.78 Å². The molecule has 0 fully saturated rings. The van der Waals surface area contributed by atoms with Gasteiger partial charge in [-0.3, -0.25) is 5.32 Å². The Hall–Kier alpha value is -2.25. The Morgan fingerprint density at radius 1 is 1.00 bits per heavy atom. The molecule has 2 aromatic carbocycles. The van der Waals surface area contributed by atoms with Gasteiger partial charge in [-0.25, -0.2) is 8.78 Å². The van der Waals surface area contributed by atoms with Crippen LogP contribution in [0.25, 0.3) is 0 Å². The molecule has 1 unspecified atom stereocenters. The van der Waals surface area contributed by atoms with Crippen molar-refractivity contribution in [3.63, 3.8) is 0 Å². The van der Waals surface area contributed by atoms with Gasteiger partial charge in [0, 0.05) is 6.54 Å².